The van der Waals surface area contributed by atoms with Crippen molar-refractivity contribution >= 4 is 11.9 Å². The Labute approximate surface area is 132 Å². The molecule has 0 aliphatic rings. The van der Waals surface area contributed by atoms with Gasteiger partial charge in [0, 0.05) is 49.2 Å². The molecule has 0 bridgehead atoms. The van der Waals surface area contributed by atoms with Crippen LogP contribution in [0, 0.1) is 11.8 Å². The topological polar surface area (TPSA) is 83.8 Å². The summed E-state index contributed by atoms with van der Waals surface area (Å²) in [6.07, 6.45) is 0. The van der Waals surface area contributed by atoms with Crippen molar-refractivity contribution in [1.29, 1.82) is 0 Å². The molecule has 0 saturated carbocycles. The molecule has 0 radical (unpaired) electrons. The number of esters is 1. The standard InChI is InChI=1S/C5H9O2.C4H7O2.CH4O.2W/c1-4(2)5(6)7-3;1-3(2)4(5)6;1-2;;/h1-3H3;1-2H3,(H,5,6);2H,1H3;;/q2*-1;;;. The van der Waals surface area contributed by atoms with Crippen LogP contribution in [0.5, 0.6) is 0 Å². The van der Waals surface area contributed by atoms with Crippen LogP contribution in [0.1, 0.15) is 27.7 Å². The van der Waals surface area contributed by atoms with Crippen LogP contribution in [0.3, 0.4) is 0 Å². The first kappa shape index (κ1) is 30.2. The molecule has 5 nitrogen and oxygen atoms in total. The second kappa shape index (κ2) is 21.3. The van der Waals surface area contributed by atoms with E-state index < -0.39 is 5.97 Å². The van der Waals surface area contributed by atoms with Gasteiger partial charge in [-0.2, -0.15) is 27.7 Å². The Morgan fingerprint density at radius 2 is 1.18 bits per heavy atom. The Bertz CT molecular complexity index is 172. The first-order chi connectivity index (χ1) is 6.82. The van der Waals surface area contributed by atoms with E-state index in [0.29, 0.717) is 11.8 Å². The van der Waals surface area contributed by atoms with E-state index in [1.54, 1.807) is 27.7 Å². The average molecular weight is 588 g/mol. The summed E-state index contributed by atoms with van der Waals surface area (Å²) in [5.74, 6) is 0.0486. The summed E-state index contributed by atoms with van der Waals surface area (Å²) in [5, 5.41) is 15.0. The van der Waals surface area contributed by atoms with Gasteiger partial charge in [0.15, 0.2) is 11.9 Å². The van der Waals surface area contributed by atoms with Crippen molar-refractivity contribution in [3.8, 4) is 0 Å². The number of hydrogen-bond donors (Lipinski definition) is 2. The Morgan fingerprint density at radius 1 is 0.941 bits per heavy atom. The fraction of sp³-hybridized carbons (Fsp3) is 0.600. The number of carbonyl (C=O) groups excluding carboxylic acids is 1. The zero-order valence-corrected chi connectivity index (χ0v) is 16.8. The molecule has 104 valence electrons. The van der Waals surface area contributed by atoms with Crippen LogP contribution < -0.4 is 0 Å². The molecule has 7 heteroatoms. The predicted molar refractivity (Wildman–Crippen MR) is 57.0 cm³/mol. The fourth-order valence-electron chi connectivity index (χ4n) is 0.204. The quantitative estimate of drug-likeness (QED) is 0.373. The number of ether oxygens (including phenoxy) is 1. The molecular weight excluding hydrogens is 568 g/mol. The molecule has 0 aliphatic heterocycles. The normalized spacial score (nSPS) is 6.29. The van der Waals surface area contributed by atoms with Crippen molar-refractivity contribution in [2.45, 2.75) is 27.7 Å². The number of rotatable bonds is 2. The molecule has 0 saturated heterocycles. The van der Waals surface area contributed by atoms with E-state index in [1.165, 1.54) is 7.11 Å². The second-order valence-electron chi connectivity index (χ2n) is 2.80. The van der Waals surface area contributed by atoms with Gasteiger partial charge in [0.2, 0.25) is 0 Å². The van der Waals surface area contributed by atoms with Crippen LogP contribution in [-0.2, 0) is 56.5 Å². The molecule has 0 aromatic heterocycles. The Kier molecular flexibility index (Phi) is 37.9. The van der Waals surface area contributed by atoms with Gasteiger partial charge in [-0.25, -0.2) is 0 Å². The number of carboxylic acid groups (broad SMARTS) is 1. The minimum absolute atomic E-state index is 0. The van der Waals surface area contributed by atoms with E-state index in [0.717, 1.165) is 7.11 Å². The van der Waals surface area contributed by atoms with Crippen molar-refractivity contribution in [3.63, 3.8) is 0 Å². The third-order valence-electron chi connectivity index (χ3n) is 1.02. The van der Waals surface area contributed by atoms with Gasteiger partial charge in [-0.1, -0.05) is 0 Å². The van der Waals surface area contributed by atoms with Gasteiger partial charge in [-0.15, -0.1) is 0 Å². The van der Waals surface area contributed by atoms with Crippen molar-refractivity contribution in [2.75, 3.05) is 14.2 Å². The molecular formula is C10H20O5W2-2. The Balaban J connectivity index is -0.0000000448. The molecule has 0 amide bonds. The monoisotopic (exact) mass is 588 g/mol. The van der Waals surface area contributed by atoms with Crippen molar-refractivity contribution in [2.24, 2.45) is 0 Å². The SMILES string of the molecule is CO.COC(=O)[C-](C)C.C[C-](C)C(=O)O.[W].[W]. The molecule has 0 unspecified atom stereocenters. The maximum Gasteiger partial charge on any atom is 0.168 e. The van der Waals surface area contributed by atoms with Gasteiger partial charge in [0.1, 0.15) is 0 Å². The molecule has 0 aromatic rings. The molecule has 0 fully saturated rings. The van der Waals surface area contributed by atoms with Crippen LogP contribution >= 0.6 is 0 Å². The average Bonchev–Trinajstić information content (AvgIpc) is 2.20. The number of hydrogen-bond acceptors (Lipinski definition) is 4. The third-order valence-corrected chi connectivity index (χ3v) is 1.02. The first-order valence-corrected chi connectivity index (χ1v) is 4.19. The van der Waals surface area contributed by atoms with Crippen LogP contribution in [0.15, 0.2) is 0 Å². The number of carboxylic acids is 1. The largest absolute Gasteiger partial charge is 0.503 e. The van der Waals surface area contributed by atoms with E-state index in [-0.39, 0.29) is 48.1 Å². The maximum absolute atomic E-state index is 10.3. The summed E-state index contributed by atoms with van der Waals surface area (Å²) in [4.78, 5) is 19.9. The van der Waals surface area contributed by atoms with E-state index >= 15 is 0 Å². The second-order valence-corrected chi connectivity index (χ2v) is 2.80. The molecule has 0 spiro atoms. The van der Waals surface area contributed by atoms with Crippen LogP contribution in [0.4, 0.5) is 0 Å². The molecule has 0 atom stereocenters. The van der Waals surface area contributed by atoms with Gasteiger partial charge in [0.05, 0.1) is 7.11 Å². The Morgan fingerprint density at radius 3 is 1.18 bits per heavy atom. The zero-order chi connectivity index (χ0) is 13.0. The van der Waals surface area contributed by atoms with E-state index in [1.807, 2.05) is 0 Å². The third kappa shape index (κ3) is 31.4. The van der Waals surface area contributed by atoms with E-state index in [2.05, 4.69) is 4.74 Å². The van der Waals surface area contributed by atoms with Gasteiger partial charge < -0.3 is 14.9 Å². The van der Waals surface area contributed by atoms with E-state index in [9.17, 15) is 9.59 Å². The van der Waals surface area contributed by atoms with Gasteiger partial charge in [-0.05, 0) is 0 Å². The maximum atomic E-state index is 10.3. The van der Waals surface area contributed by atoms with Crippen LogP contribution in [0.25, 0.3) is 0 Å². The summed E-state index contributed by atoms with van der Waals surface area (Å²) in [6.45, 7) is 6.54. The minimum Gasteiger partial charge on any atom is -0.503 e. The number of carbonyl (C=O) groups is 2. The molecule has 17 heavy (non-hydrogen) atoms. The van der Waals surface area contributed by atoms with Gasteiger partial charge >= 0.3 is 0 Å². The van der Waals surface area contributed by atoms with Crippen molar-refractivity contribution < 1.29 is 66.7 Å². The zero-order valence-electron chi connectivity index (χ0n) is 10.9. The summed E-state index contributed by atoms with van der Waals surface area (Å²) < 4.78 is 4.34. The number of aliphatic hydroxyl groups excluding tert-OH is 1. The minimum atomic E-state index is -0.824. The van der Waals surface area contributed by atoms with Gasteiger partial charge in [-0.3, -0.25) is 21.4 Å². The number of aliphatic carboxylic acids is 1. The fourth-order valence-corrected chi connectivity index (χ4v) is 0.204. The molecule has 0 heterocycles. The molecule has 0 aromatic carbocycles. The summed E-state index contributed by atoms with van der Waals surface area (Å²) in [5.41, 5.74) is 0. The smallest absolute Gasteiger partial charge is 0.168 e. The van der Waals surface area contributed by atoms with Crippen molar-refractivity contribution in [3.05, 3.63) is 11.8 Å². The molecule has 0 rings (SSSR count). The first-order valence-electron chi connectivity index (χ1n) is 4.19. The van der Waals surface area contributed by atoms with Crippen LogP contribution in [-0.4, -0.2) is 36.4 Å². The van der Waals surface area contributed by atoms with Crippen molar-refractivity contribution in [1.82, 2.24) is 0 Å². The molecule has 2 N–H and O–H groups in total. The summed E-state index contributed by atoms with van der Waals surface area (Å²) in [7, 11) is 2.37. The van der Waals surface area contributed by atoms with E-state index in [4.69, 9.17) is 10.2 Å². The number of methoxy groups -OCH3 is 1. The predicted octanol–water partition coefficient (Wildman–Crippen LogP) is 1.06. The van der Waals surface area contributed by atoms with Crippen LogP contribution in [0.2, 0.25) is 0 Å². The number of aliphatic hydroxyl groups is 1. The Hall–Kier alpha value is 0.0166. The molecule has 0 aliphatic carbocycles. The summed E-state index contributed by atoms with van der Waals surface area (Å²) >= 11 is 0. The van der Waals surface area contributed by atoms with Gasteiger partial charge in [0.25, 0.3) is 0 Å². The summed E-state index contributed by atoms with van der Waals surface area (Å²) in [6, 6.07) is 0.